The van der Waals surface area contributed by atoms with Crippen LogP contribution < -0.4 is 10.1 Å². The number of rotatable bonds is 4. The van der Waals surface area contributed by atoms with Gasteiger partial charge in [-0.05, 0) is 12.1 Å². The van der Waals surface area contributed by atoms with E-state index in [1.54, 1.807) is 30.7 Å². The molecule has 128 valence electrons. The van der Waals surface area contributed by atoms with Gasteiger partial charge in [-0.3, -0.25) is 4.79 Å². The fourth-order valence-electron chi connectivity index (χ4n) is 2.63. The Bertz CT molecular complexity index is 835. The van der Waals surface area contributed by atoms with Crippen molar-refractivity contribution in [3.63, 3.8) is 0 Å². The zero-order chi connectivity index (χ0) is 17.1. The van der Waals surface area contributed by atoms with E-state index >= 15 is 0 Å². The second-order valence-corrected chi connectivity index (χ2v) is 5.57. The minimum Gasteiger partial charge on any atom is -0.472 e. The molecule has 3 aromatic rings. The van der Waals surface area contributed by atoms with E-state index in [0.717, 1.165) is 0 Å². The molecule has 4 heterocycles. The molecular weight excluding hydrogens is 324 g/mol. The first kappa shape index (κ1) is 15.5. The lowest BCUT2D eigenvalue weighted by Crippen LogP contribution is -2.52. The van der Waals surface area contributed by atoms with Crippen molar-refractivity contribution in [3.8, 4) is 5.88 Å². The average Bonchev–Trinajstić information content (AvgIpc) is 3.09. The highest BCUT2D eigenvalue weighted by atomic mass is 16.5. The molecule has 3 aromatic heterocycles. The fourth-order valence-corrected chi connectivity index (χ4v) is 2.63. The summed E-state index contributed by atoms with van der Waals surface area (Å²) in [5, 5.41) is 7.01. The van der Waals surface area contributed by atoms with Crippen molar-refractivity contribution in [1.29, 1.82) is 0 Å². The van der Waals surface area contributed by atoms with Crippen LogP contribution in [0.1, 0.15) is 17.0 Å². The second-order valence-electron chi connectivity index (χ2n) is 5.57. The average molecular weight is 340 g/mol. The third-order valence-electron chi connectivity index (χ3n) is 3.84. The van der Waals surface area contributed by atoms with E-state index < -0.39 is 5.91 Å². The number of nitrogens with one attached hydrogen (secondary N) is 1. The van der Waals surface area contributed by atoms with Crippen molar-refractivity contribution in [1.82, 2.24) is 29.9 Å². The lowest BCUT2D eigenvalue weighted by molar-refractivity contribution is -0.00461. The minimum absolute atomic E-state index is 0.0564. The lowest BCUT2D eigenvalue weighted by atomic mass is 10.1. The van der Waals surface area contributed by atoms with E-state index in [2.05, 4.69) is 25.4 Å². The van der Waals surface area contributed by atoms with Gasteiger partial charge in [0.05, 0.1) is 19.3 Å². The summed E-state index contributed by atoms with van der Waals surface area (Å²) >= 11 is 0. The van der Waals surface area contributed by atoms with Crippen LogP contribution in [0.25, 0.3) is 5.78 Å². The summed E-state index contributed by atoms with van der Waals surface area (Å²) in [6, 6.07) is 6.85. The molecule has 0 bridgehead atoms. The summed E-state index contributed by atoms with van der Waals surface area (Å²) in [6.07, 6.45) is 5.36. The van der Waals surface area contributed by atoms with Gasteiger partial charge in [-0.1, -0.05) is 6.07 Å². The summed E-state index contributed by atoms with van der Waals surface area (Å²) in [5.41, 5.74) is 0. The van der Waals surface area contributed by atoms with Crippen molar-refractivity contribution >= 4 is 11.7 Å². The first-order valence-electron chi connectivity index (χ1n) is 7.93. The van der Waals surface area contributed by atoms with Gasteiger partial charge in [-0.25, -0.2) is 14.5 Å². The van der Waals surface area contributed by atoms with Gasteiger partial charge in [0, 0.05) is 31.1 Å². The molecule has 1 amide bonds. The molecule has 0 aliphatic carbocycles. The van der Waals surface area contributed by atoms with Gasteiger partial charge >= 0.3 is 0 Å². The molecule has 0 saturated carbocycles. The third-order valence-corrected chi connectivity index (χ3v) is 3.84. The maximum absolute atomic E-state index is 12.5. The van der Waals surface area contributed by atoms with Gasteiger partial charge in [0.15, 0.2) is 0 Å². The van der Waals surface area contributed by atoms with E-state index in [1.807, 2.05) is 12.1 Å². The Morgan fingerprint density at radius 3 is 3.04 bits per heavy atom. The van der Waals surface area contributed by atoms with Gasteiger partial charge in [0.2, 0.25) is 11.7 Å². The topological polar surface area (TPSA) is 104 Å². The highest BCUT2D eigenvalue weighted by Gasteiger charge is 2.30. The largest absolute Gasteiger partial charge is 0.472 e. The molecule has 25 heavy (non-hydrogen) atoms. The highest BCUT2D eigenvalue weighted by Crippen LogP contribution is 2.16. The van der Waals surface area contributed by atoms with Crippen LogP contribution in [0.15, 0.2) is 42.9 Å². The Balaban J connectivity index is 1.48. The van der Waals surface area contributed by atoms with Crippen LogP contribution in [0.3, 0.4) is 0 Å². The van der Waals surface area contributed by atoms with Gasteiger partial charge < -0.3 is 14.8 Å². The Morgan fingerprint density at radius 1 is 1.28 bits per heavy atom. The molecule has 0 spiro atoms. The smallest absolute Gasteiger partial charge is 0.291 e. The van der Waals surface area contributed by atoms with Crippen molar-refractivity contribution in [3.05, 3.63) is 48.7 Å². The van der Waals surface area contributed by atoms with Gasteiger partial charge in [-0.15, -0.1) is 5.10 Å². The number of hydrogen-bond donors (Lipinski definition) is 1. The summed E-state index contributed by atoms with van der Waals surface area (Å²) < 4.78 is 12.8. The van der Waals surface area contributed by atoms with E-state index in [1.165, 1.54) is 4.52 Å². The Labute approximate surface area is 143 Å². The van der Waals surface area contributed by atoms with E-state index in [9.17, 15) is 4.79 Å². The molecule has 0 unspecified atom stereocenters. The number of amides is 1. The maximum Gasteiger partial charge on any atom is 0.291 e. The number of ether oxygens (including phenoxy) is 2. The quantitative estimate of drug-likeness (QED) is 0.737. The zero-order valence-electron chi connectivity index (χ0n) is 13.3. The molecule has 1 fully saturated rings. The molecular formula is C16H16N6O3. The van der Waals surface area contributed by atoms with E-state index in [-0.39, 0.29) is 18.0 Å². The molecule has 9 heteroatoms. The number of carbonyl (C=O) groups excluding carboxylic acids is 1. The predicted octanol–water partition coefficient (Wildman–Crippen LogP) is 0.486. The molecule has 9 nitrogen and oxygen atoms in total. The predicted molar refractivity (Wildman–Crippen MR) is 86.1 cm³/mol. The number of pyridine rings is 1. The van der Waals surface area contributed by atoms with Crippen LogP contribution in [-0.4, -0.2) is 55.8 Å². The monoisotopic (exact) mass is 340 g/mol. The van der Waals surface area contributed by atoms with Crippen molar-refractivity contribution < 1.29 is 14.3 Å². The molecule has 0 radical (unpaired) electrons. The van der Waals surface area contributed by atoms with Crippen LogP contribution >= 0.6 is 0 Å². The first-order chi connectivity index (χ1) is 12.3. The van der Waals surface area contributed by atoms with Crippen LogP contribution in [0.2, 0.25) is 0 Å². The highest BCUT2D eigenvalue weighted by molar-refractivity contribution is 5.91. The van der Waals surface area contributed by atoms with Gasteiger partial charge in [0.25, 0.3) is 11.7 Å². The number of nitrogens with zero attached hydrogens (tertiary/aromatic N) is 5. The van der Waals surface area contributed by atoms with Crippen LogP contribution in [0.4, 0.5) is 0 Å². The van der Waals surface area contributed by atoms with Crippen molar-refractivity contribution in [2.24, 2.45) is 0 Å². The van der Waals surface area contributed by atoms with Gasteiger partial charge in [0.1, 0.15) is 6.10 Å². The van der Waals surface area contributed by atoms with Crippen LogP contribution in [0, 0.1) is 0 Å². The summed E-state index contributed by atoms with van der Waals surface area (Å²) in [6.45, 7) is 0.926. The van der Waals surface area contributed by atoms with Crippen LogP contribution in [-0.2, 0) is 4.74 Å². The normalized spacial score (nSPS) is 20.3. The summed E-state index contributed by atoms with van der Waals surface area (Å²) in [5.74, 6) is 0.550. The first-order valence-corrected chi connectivity index (χ1v) is 7.93. The van der Waals surface area contributed by atoms with E-state index in [4.69, 9.17) is 9.47 Å². The summed E-state index contributed by atoms with van der Waals surface area (Å²) in [4.78, 5) is 24.8. The molecule has 1 aliphatic heterocycles. The second kappa shape index (κ2) is 6.81. The van der Waals surface area contributed by atoms with E-state index in [0.29, 0.717) is 31.3 Å². The Hall–Kier alpha value is -3.07. The molecule has 1 N–H and O–H groups in total. The lowest BCUT2D eigenvalue weighted by Gasteiger charge is -2.31. The van der Waals surface area contributed by atoms with Crippen molar-refractivity contribution in [2.75, 3.05) is 13.2 Å². The molecule has 2 atom stereocenters. The SMILES string of the molecule is O=C(N[C@@H]1COCC[C@H]1Oc1ccccn1)c1nc2ncccn2n1. The molecule has 4 rings (SSSR count). The molecule has 1 saturated heterocycles. The van der Waals surface area contributed by atoms with Gasteiger partial charge in [-0.2, -0.15) is 4.98 Å². The maximum atomic E-state index is 12.5. The number of hydrogen-bond acceptors (Lipinski definition) is 7. The van der Waals surface area contributed by atoms with Crippen molar-refractivity contribution in [2.45, 2.75) is 18.6 Å². The third kappa shape index (κ3) is 3.41. The molecule has 0 aromatic carbocycles. The molecule has 1 aliphatic rings. The Kier molecular flexibility index (Phi) is 4.21. The standard InChI is InChI=1S/C16H16N6O3/c23-15(14-20-16-18-7-3-8-22(16)21-14)19-11-10-24-9-5-12(11)25-13-4-1-2-6-17-13/h1-4,6-8,11-12H,5,9-10H2,(H,19,23)/t11-,12-/m1/s1. The summed E-state index contributed by atoms with van der Waals surface area (Å²) in [7, 11) is 0. The number of carbonyl (C=O) groups is 1. The number of aromatic nitrogens is 5. The minimum atomic E-state index is -0.393. The zero-order valence-corrected chi connectivity index (χ0v) is 13.3. The Morgan fingerprint density at radius 2 is 2.20 bits per heavy atom. The fraction of sp³-hybridized carbons (Fsp3) is 0.312. The van der Waals surface area contributed by atoms with Crippen LogP contribution in [0.5, 0.6) is 5.88 Å². The number of fused-ring (bicyclic) bond motifs is 1.